The summed E-state index contributed by atoms with van der Waals surface area (Å²) < 4.78 is 21.6. The molecule has 2 bridgehead atoms. The average molecular weight is 476 g/mol. The van der Waals surface area contributed by atoms with E-state index in [1.165, 1.54) is 25.0 Å². The van der Waals surface area contributed by atoms with Crippen LogP contribution in [-0.2, 0) is 6.42 Å². The standard InChI is InChI=1S/C23H24Cl2FN5O/c24-19-3-4-20(26)22(25)18(19)5-6-32-21-7-13(10-28-23(21)27)14-11-29-31(12-14)17-8-15-1-2-16(9-17)30-15/h3-4,7,10-12,15-17,30H,1-2,5-6,8-9H2,(H2,27,28). The number of piperidine rings is 1. The highest BCUT2D eigenvalue weighted by Crippen LogP contribution is 2.35. The molecule has 2 aromatic heterocycles. The van der Waals surface area contributed by atoms with Gasteiger partial charge in [0.05, 0.1) is 23.9 Å². The van der Waals surface area contributed by atoms with E-state index in [1.807, 2.05) is 12.3 Å². The van der Waals surface area contributed by atoms with Crippen LogP contribution < -0.4 is 15.8 Å². The fourth-order valence-corrected chi connectivity index (χ4v) is 5.28. The van der Waals surface area contributed by atoms with Crippen molar-refractivity contribution in [1.82, 2.24) is 20.1 Å². The number of benzene rings is 1. The van der Waals surface area contributed by atoms with E-state index in [4.69, 9.17) is 33.7 Å². The summed E-state index contributed by atoms with van der Waals surface area (Å²) in [5.41, 5.74) is 8.36. The predicted molar refractivity (Wildman–Crippen MR) is 124 cm³/mol. The fraction of sp³-hybridized carbons (Fsp3) is 0.391. The Bertz CT molecular complexity index is 1130. The number of anilines is 1. The van der Waals surface area contributed by atoms with Gasteiger partial charge in [0.2, 0.25) is 0 Å². The maximum Gasteiger partial charge on any atom is 0.166 e. The second kappa shape index (κ2) is 8.89. The molecule has 2 unspecified atom stereocenters. The van der Waals surface area contributed by atoms with Gasteiger partial charge in [0.25, 0.3) is 0 Å². The van der Waals surface area contributed by atoms with E-state index in [0.717, 1.165) is 24.0 Å². The van der Waals surface area contributed by atoms with Crippen LogP contribution in [0.4, 0.5) is 10.2 Å². The number of fused-ring (bicyclic) bond motifs is 2. The van der Waals surface area contributed by atoms with Gasteiger partial charge in [-0.15, -0.1) is 0 Å². The Kier molecular flexibility index (Phi) is 5.97. The zero-order chi connectivity index (χ0) is 22.2. The predicted octanol–water partition coefficient (Wildman–Crippen LogP) is 5.05. The Morgan fingerprint density at radius 1 is 1.16 bits per heavy atom. The van der Waals surface area contributed by atoms with Crippen LogP contribution in [0.2, 0.25) is 10.0 Å². The Morgan fingerprint density at radius 3 is 2.72 bits per heavy atom. The number of pyridine rings is 1. The SMILES string of the molecule is Nc1ncc(-c2cnn(C3CC4CCC(C3)N4)c2)cc1OCCc1c(Cl)ccc(F)c1Cl. The van der Waals surface area contributed by atoms with Crippen molar-refractivity contribution in [2.75, 3.05) is 12.3 Å². The molecule has 5 rings (SSSR count). The van der Waals surface area contributed by atoms with Crippen LogP contribution in [0.5, 0.6) is 5.75 Å². The summed E-state index contributed by atoms with van der Waals surface area (Å²) in [6.45, 7) is 0.231. The molecule has 32 heavy (non-hydrogen) atoms. The first-order valence-electron chi connectivity index (χ1n) is 10.8. The molecule has 0 radical (unpaired) electrons. The second-order valence-electron chi connectivity index (χ2n) is 8.50. The van der Waals surface area contributed by atoms with Crippen LogP contribution in [-0.4, -0.2) is 33.5 Å². The average Bonchev–Trinajstić information content (AvgIpc) is 3.41. The summed E-state index contributed by atoms with van der Waals surface area (Å²) in [6, 6.07) is 6.20. The Morgan fingerprint density at radius 2 is 1.94 bits per heavy atom. The van der Waals surface area contributed by atoms with Crippen LogP contribution in [0.1, 0.15) is 37.3 Å². The van der Waals surface area contributed by atoms with Crippen molar-refractivity contribution in [1.29, 1.82) is 0 Å². The lowest BCUT2D eigenvalue weighted by Crippen LogP contribution is -2.38. The highest BCUT2D eigenvalue weighted by Gasteiger charge is 2.34. The molecule has 1 aromatic carbocycles. The number of aromatic nitrogens is 3. The number of ether oxygens (including phenoxy) is 1. The lowest BCUT2D eigenvalue weighted by Gasteiger charge is -2.29. The third-order valence-corrected chi connectivity index (χ3v) is 7.15. The normalized spacial score (nSPS) is 22.3. The van der Waals surface area contributed by atoms with Gasteiger partial charge in [-0.1, -0.05) is 23.2 Å². The highest BCUT2D eigenvalue weighted by molar-refractivity contribution is 6.36. The summed E-state index contributed by atoms with van der Waals surface area (Å²) in [7, 11) is 0. The molecule has 168 valence electrons. The Labute approximate surface area is 195 Å². The first kappa shape index (κ1) is 21.5. The summed E-state index contributed by atoms with van der Waals surface area (Å²) in [5, 5.41) is 8.70. The molecule has 3 N–H and O–H groups in total. The number of rotatable bonds is 6. The lowest BCUT2D eigenvalue weighted by atomic mass is 10.00. The van der Waals surface area contributed by atoms with Crippen molar-refractivity contribution < 1.29 is 9.13 Å². The van der Waals surface area contributed by atoms with E-state index in [9.17, 15) is 4.39 Å². The quantitative estimate of drug-likeness (QED) is 0.487. The number of hydrogen-bond donors (Lipinski definition) is 2. The summed E-state index contributed by atoms with van der Waals surface area (Å²) >= 11 is 12.2. The topological polar surface area (TPSA) is 78.0 Å². The van der Waals surface area contributed by atoms with Gasteiger partial charge in [0.1, 0.15) is 5.82 Å². The van der Waals surface area contributed by atoms with Crippen LogP contribution in [0.15, 0.2) is 36.8 Å². The minimum Gasteiger partial charge on any atom is -0.489 e. The number of nitrogen functional groups attached to an aromatic ring is 1. The van der Waals surface area contributed by atoms with Gasteiger partial charge in [-0.25, -0.2) is 9.37 Å². The first-order valence-corrected chi connectivity index (χ1v) is 11.5. The van der Waals surface area contributed by atoms with E-state index < -0.39 is 5.82 Å². The van der Waals surface area contributed by atoms with Gasteiger partial charge in [-0.05, 0) is 49.4 Å². The van der Waals surface area contributed by atoms with Crippen molar-refractivity contribution in [3.05, 3.63) is 58.2 Å². The molecule has 2 atom stereocenters. The van der Waals surface area contributed by atoms with E-state index in [-0.39, 0.29) is 17.4 Å². The Hall–Kier alpha value is -2.35. The first-order chi connectivity index (χ1) is 15.5. The number of hydrogen-bond acceptors (Lipinski definition) is 5. The van der Waals surface area contributed by atoms with E-state index in [2.05, 4.69) is 26.3 Å². The van der Waals surface area contributed by atoms with Crippen molar-refractivity contribution in [3.63, 3.8) is 0 Å². The molecule has 3 aromatic rings. The number of nitrogens with two attached hydrogens (primary N) is 1. The van der Waals surface area contributed by atoms with Gasteiger partial charge >= 0.3 is 0 Å². The van der Waals surface area contributed by atoms with Gasteiger partial charge in [-0.2, -0.15) is 5.10 Å². The molecule has 0 aliphatic carbocycles. The van der Waals surface area contributed by atoms with Gasteiger partial charge in [-0.3, -0.25) is 4.68 Å². The van der Waals surface area contributed by atoms with Crippen molar-refractivity contribution in [2.24, 2.45) is 0 Å². The lowest BCUT2D eigenvalue weighted by molar-refractivity contribution is 0.281. The minimum absolute atomic E-state index is 0.0136. The fourth-order valence-electron chi connectivity index (χ4n) is 4.72. The largest absolute Gasteiger partial charge is 0.489 e. The molecule has 0 amide bonds. The third-order valence-electron chi connectivity index (χ3n) is 6.39. The zero-order valence-corrected chi connectivity index (χ0v) is 18.9. The molecular formula is C23H24Cl2FN5O. The van der Waals surface area contributed by atoms with Crippen molar-refractivity contribution >= 4 is 29.0 Å². The van der Waals surface area contributed by atoms with Crippen LogP contribution >= 0.6 is 23.2 Å². The molecule has 0 saturated carbocycles. The minimum atomic E-state index is -0.506. The molecule has 2 aliphatic rings. The number of nitrogens with one attached hydrogen (secondary N) is 1. The van der Waals surface area contributed by atoms with E-state index in [0.29, 0.717) is 40.9 Å². The molecule has 2 fully saturated rings. The monoisotopic (exact) mass is 475 g/mol. The molecule has 6 nitrogen and oxygen atoms in total. The molecular weight excluding hydrogens is 452 g/mol. The highest BCUT2D eigenvalue weighted by atomic mass is 35.5. The molecule has 2 aliphatic heterocycles. The smallest absolute Gasteiger partial charge is 0.166 e. The molecule has 0 spiro atoms. The van der Waals surface area contributed by atoms with Gasteiger partial charge in [0, 0.05) is 47.0 Å². The zero-order valence-electron chi connectivity index (χ0n) is 17.4. The molecule has 9 heteroatoms. The van der Waals surface area contributed by atoms with Gasteiger partial charge < -0.3 is 15.8 Å². The number of nitrogens with zero attached hydrogens (tertiary/aromatic N) is 3. The maximum atomic E-state index is 13.7. The third kappa shape index (κ3) is 4.29. The van der Waals surface area contributed by atoms with Crippen LogP contribution in [0.25, 0.3) is 11.1 Å². The van der Waals surface area contributed by atoms with Gasteiger partial charge in [0.15, 0.2) is 11.6 Å². The second-order valence-corrected chi connectivity index (χ2v) is 9.28. The Balaban J connectivity index is 1.28. The van der Waals surface area contributed by atoms with Crippen LogP contribution in [0, 0.1) is 5.82 Å². The van der Waals surface area contributed by atoms with E-state index >= 15 is 0 Å². The van der Waals surface area contributed by atoms with Crippen molar-refractivity contribution in [2.45, 2.75) is 50.2 Å². The van der Waals surface area contributed by atoms with Crippen molar-refractivity contribution in [3.8, 4) is 16.9 Å². The summed E-state index contributed by atoms with van der Waals surface area (Å²) in [6.07, 6.45) is 10.7. The summed E-state index contributed by atoms with van der Waals surface area (Å²) in [5.74, 6) is 0.235. The number of halogens is 3. The van der Waals surface area contributed by atoms with E-state index in [1.54, 1.807) is 6.20 Å². The molecule has 4 heterocycles. The van der Waals surface area contributed by atoms with Crippen LogP contribution in [0.3, 0.4) is 0 Å². The molecule has 2 saturated heterocycles. The maximum absolute atomic E-state index is 13.7. The summed E-state index contributed by atoms with van der Waals surface area (Å²) in [4.78, 5) is 4.28.